The van der Waals surface area contributed by atoms with Gasteiger partial charge in [-0.2, -0.15) is 0 Å². The number of benzene rings is 1. The van der Waals surface area contributed by atoms with E-state index in [9.17, 15) is 4.79 Å². The molecule has 1 aliphatic heterocycles. The Balaban J connectivity index is 1.57. The molecule has 2 N–H and O–H groups in total. The van der Waals surface area contributed by atoms with Crippen LogP contribution in [0.15, 0.2) is 53.1 Å². The van der Waals surface area contributed by atoms with Crippen molar-refractivity contribution in [1.82, 2.24) is 19.2 Å². The van der Waals surface area contributed by atoms with Crippen LogP contribution in [0.1, 0.15) is 24.8 Å². The van der Waals surface area contributed by atoms with Gasteiger partial charge in [0, 0.05) is 25.6 Å². The molecule has 29 heavy (non-hydrogen) atoms. The first kappa shape index (κ1) is 19.6. The van der Waals surface area contributed by atoms with Gasteiger partial charge in [-0.3, -0.25) is 14.3 Å². The molecule has 1 fully saturated rings. The molecule has 152 valence electrons. The second-order valence-corrected chi connectivity index (χ2v) is 7.76. The van der Waals surface area contributed by atoms with Crippen molar-refractivity contribution >= 4 is 18.1 Å². The molecule has 1 aliphatic rings. The first-order chi connectivity index (χ1) is 14.1. The lowest BCUT2D eigenvalue weighted by Gasteiger charge is -2.24. The highest BCUT2D eigenvalue weighted by molar-refractivity contribution is 7.71. The minimum absolute atomic E-state index is 0.202. The lowest BCUT2D eigenvalue weighted by molar-refractivity contribution is -0.118. The zero-order chi connectivity index (χ0) is 20.2. The van der Waals surface area contributed by atoms with Gasteiger partial charge in [0.1, 0.15) is 0 Å². The SMILES string of the molecule is NC(=O)CCn1c(-c2ccco2)nn(CN2CCC[C@H]2Cc2ccccc2)c1=S. The molecular weight excluding hydrogens is 386 g/mol. The van der Waals surface area contributed by atoms with Gasteiger partial charge >= 0.3 is 0 Å². The smallest absolute Gasteiger partial charge is 0.219 e. The zero-order valence-electron chi connectivity index (χ0n) is 16.2. The van der Waals surface area contributed by atoms with E-state index in [1.54, 1.807) is 6.26 Å². The highest BCUT2D eigenvalue weighted by atomic mass is 32.1. The van der Waals surface area contributed by atoms with E-state index in [2.05, 4.69) is 29.2 Å². The number of furan rings is 1. The van der Waals surface area contributed by atoms with E-state index in [1.165, 1.54) is 5.56 Å². The van der Waals surface area contributed by atoms with E-state index in [4.69, 9.17) is 27.5 Å². The van der Waals surface area contributed by atoms with Gasteiger partial charge in [0.2, 0.25) is 5.91 Å². The maximum Gasteiger partial charge on any atom is 0.219 e. The summed E-state index contributed by atoms with van der Waals surface area (Å²) in [5.41, 5.74) is 6.69. The number of amides is 1. The Morgan fingerprint density at radius 1 is 1.24 bits per heavy atom. The summed E-state index contributed by atoms with van der Waals surface area (Å²) in [7, 11) is 0. The average molecular weight is 412 g/mol. The van der Waals surface area contributed by atoms with Crippen molar-refractivity contribution in [2.45, 2.75) is 44.9 Å². The van der Waals surface area contributed by atoms with Crippen LogP contribution in [0.3, 0.4) is 0 Å². The minimum atomic E-state index is -0.368. The third kappa shape index (κ3) is 4.49. The normalized spacial score (nSPS) is 17.0. The summed E-state index contributed by atoms with van der Waals surface area (Å²) in [5, 5.41) is 4.72. The number of nitrogens with two attached hydrogens (primary N) is 1. The third-order valence-corrected chi connectivity index (χ3v) is 5.81. The van der Waals surface area contributed by atoms with E-state index in [-0.39, 0.29) is 12.3 Å². The molecule has 7 nitrogen and oxygen atoms in total. The number of rotatable bonds is 8. The van der Waals surface area contributed by atoms with Crippen molar-refractivity contribution in [3.8, 4) is 11.6 Å². The summed E-state index contributed by atoms with van der Waals surface area (Å²) >= 11 is 5.68. The van der Waals surface area contributed by atoms with E-state index >= 15 is 0 Å². The molecule has 1 aromatic carbocycles. The average Bonchev–Trinajstić information content (AvgIpc) is 3.44. The maximum absolute atomic E-state index is 11.3. The molecule has 3 aromatic rings. The Morgan fingerprint density at radius 3 is 2.79 bits per heavy atom. The fourth-order valence-electron chi connectivity index (χ4n) is 3.92. The molecule has 0 bridgehead atoms. The third-order valence-electron chi connectivity index (χ3n) is 5.38. The van der Waals surface area contributed by atoms with Crippen LogP contribution in [-0.2, 0) is 24.4 Å². The van der Waals surface area contributed by atoms with Crippen LogP contribution in [0, 0.1) is 4.77 Å². The predicted molar refractivity (Wildman–Crippen MR) is 112 cm³/mol. The number of carbonyl (C=O) groups excluding carboxylic acids is 1. The van der Waals surface area contributed by atoms with Crippen molar-refractivity contribution in [1.29, 1.82) is 0 Å². The Hall–Kier alpha value is -2.71. The second-order valence-electron chi connectivity index (χ2n) is 7.39. The van der Waals surface area contributed by atoms with Crippen LogP contribution in [0.4, 0.5) is 0 Å². The van der Waals surface area contributed by atoms with Crippen LogP contribution in [-0.4, -0.2) is 37.7 Å². The Kier molecular flexibility index (Phi) is 5.92. The minimum Gasteiger partial charge on any atom is -0.461 e. The van der Waals surface area contributed by atoms with E-state index in [1.807, 2.05) is 27.4 Å². The van der Waals surface area contributed by atoms with E-state index in [0.717, 1.165) is 25.8 Å². The molecule has 0 spiro atoms. The van der Waals surface area contributed by atoms with Crippen LogP contribution in [0.25, 0.3) is 11.6 Å². The van der Waals surface area contributed by atoms with Gasteiger partial charge < -0.3 is 10.2 Å². The highest BCUT2D eigenvalue weighted by Gasteiger charge is 2.26. The fraction of sp³-hybridized carbons (Fsp3) is 0.381. The molecule has 1 atom stereocenters. The fourth-order valence-corrected chi connectivity index (χ4v) is 4.19. The van der Waals surface area contributed by atoms with Gasteiger partial charge in [0.05, 0.1) is 12.9 Å². The first-order valence-corrected chi connectivity index (χ1v) is 10.3. The van der Waals surface area contributed by atoms with Crippen molar-refractivity contribution in [2.75, 3.05) is 6.54 Å². The van der Waals surface area contributed by atoms with E-state index < -0.39 is 0 Å². The molecule has 1 amide bonds. The van der Waals surface area contributed by atoms with Gasteiger partial charge in [0.15, 0.2) is 16.4 Å². The number of aromatic nitrogens is 3. The van der Waals surface area contributed by atoms with Crippen LogP contribution >= 0.6 is 12.2 Å². The first-order valence-electron chi connectivity index (χ1n) is 9.89. The summed E-state index contributed by atoms with van der Waals surface area (Å²) in [5.74, 6) is 0.883. The van der Waals surface area contributed by atoms with Gasteiger partial charge in [0.25, 0.3) is 0 Å². The predicted octanol–water partition coefficient (Wildman–Crippen LogP) is 3.21. The molecule has 0 aliphatic carbocycles. The Morgan fingerprint density at radius 2 is 2.07 bits per heavy atom. The summed E-state index contributed by atoms with van der Waals surface area (Å²) < 4.78 is 9.77. The summed E-state index contributed by atoms with van der Waals surface area (Å²) in [6, 6.07) is 14.7. The van der Waals surface area contributed by atoms with E-state index in [0.29, 0.717) is 35.6 Å². The van der Waals surface area contributed by atoms with Gasteiger partial charge in [-0.05, 0) is 49.2 Å². The molecule has 0 saturated carbocycles. The Bertz CT molecular complexity index is 1010. The quantitative estimate of drug-likeness (QED) is 0.576. The topological polar surface area (TPSA) is 82.2 Å². The number of nitrogens with zero attached hydrogens (tertiary/aromatic N) is 4. The molecule has 0 unspecified atom stereocenters. The molecule has 1 saturated heterocycles. The van der Waals surface area contributed by atoms with Crippen molar-refractivity contribution in [3.05, 3.63) is 59.1 Å². The van der Waals surface area contributed by atoms with Crippen LogP contribution in [0.2, 0.25) is 0 Å². The monoisotopic (exact) mass is 411 g/mol. The Labute approximate surface area is 174 Å². The van der Waals surface area contributed by atoms with Crippen LogP contribution < -0.4 is 5.73 Å². The second kappa shape index (κ2) is 8.75. The molecule has 3 heterocycles. The largest absolute Gasteiger partial charge is 0.461 e. The molecule has 8 heteroatoms. The molecule has 4 rings (SSSR count). The zero-order valence-corrected chi connectivity index (χ0v) is 17.1. The van der Waals surface area contributed by atoms with Crippen molar-refractivity contribution in [2.24, 2.45) is 5.73 Å². The molecule has 0 radical (unpaired) electrons. The molecule has 2 aromatic heterocycles. The van der Waals surface area contributed by atoms with Gasteiger partial charge in [-0.15, -0.1) is 5.10 Å². The number of likely N-dealkylation sites (tertiary alicyclic amines) is 1. The summed E-state index contributed by atoms with van der Waals surface area (Å²) in [4.78, 5) is 13.7. The molecular formula is C21H25N5O2S. The van der Waals surface area contributed by atoms with Gasteiger partial charge in [-0.1, -0.05) is 30.3 Å². The maximum atomic E-state index is 11.3. The van der Waals surface area contributed by atoms with Gasteiger partial charge in [-0.25, -0.2) is 4.68 Å². The number of primary amides is 1. The highest BCUT2D eigenvalue weighted by Crippen LogP contribution is 2.24. The standard InChI is InChI=1S/C21H25N5O2S/c22-19(27)10-12-25-20(18-9-5-13-28-18)23-26(21(25)29)15-24-11-4-8-17(24)14-16-6-2-1-3-7-16/h1-3,5-7,9,13,17H,4,8,10-12,14-15H2,(H2,22,27)/t17-/m0/s1. The van der Waals surface area contributed by atoms with Crippen LogP contribution in [0.5, 0.6) is 0 Å². The number of hydrogen-bond donors (Lipinski definition) is 1. The van der Waals surface area contributed by atoms with Crippen molar-refractivity contribution < 1.29 is 9.21 Å². The lowest BCUT2D eigenvalue weighted by atomic mass is 10.0. The number of carbonyl (C=O) groups is 1. The summed E-state index contributed by atoms with van der Waals surface area (Å²) in [6.07, 6.45) is 5.15. The lowest BCUT2D eigenvalue weighted by Crippen LogP contribution is -2.33. The summed E-state index contributed by atoms with van der Waals surface area (Å²) in [6.45, 7) is 2.02. The number of hydrogen-bond acceptors (Lipinski definition) is 5. The van der Waals surface area contributed by atoms with Crippen molar-refractivity contribution in [3.63, 3.8) is 0 Å².